The summed E-state index contributed by atoms with van der Waals surface area (Å²) in [7, 11) is 0. The van der Waals surface area contributed by atoms with Crippen molar-refractivity contribution in [2.75, 3.05) is 0 Å². The number of nitrogens with two attached hydrogens (primary N) is 1. The van der Waals surface area contributed by atoms with Gasteiger partial charge in [-0.25, -0.2) is 9.97 Å². The van der Waals surface area contributed by atoms with Crippen LogP contribution in [0.5, 0.6) is 0 Å². The summed E-state index contributed by atoms with van der Waals surface area (Å²) in [6, 6.07) is 10.7. The fourth-order valence-electron chi connectivity index (χ4n) is 2.96. The van der Waals surface area contributed by atoms with Crippen molar-refractivity contribution in [1.82, 2.24) is 9.97 Å². The maximum absolute atomic E-state index is 5.98. The summed E-state index contributed by atoms with van der Waals surface area (Å²) in [5.74, 6) is 1.46. The van der Waals surface area contributed by atoms with Gasteiger partial charge in [0.25, 0.3) is 0 Å². The molecule has 0 spiro atoms. The highest BCUT2D eigenvalue weighted by Gasteiger charge is 2.22. The van der Waals surface area contributed by atoms with Crippen LogP contribution in [0, 0.1) is 6.92 Å². The molecule has 1 aromatic heterocycles. The van der Waals surface area contributed by atoms with Crippen molar-refractivity contribution in [3.63, 3.8) is 0 Å². The molecule has 1 fully saturated rings. The van der Waals surface area contributed by atoms with Crippen LogP contribution in [0.1, 0.15) is 43.0 Å². The molecule has 0 saturated heterocycles. The van der Waals surface area contributed by atoms with E-state index in [4.69, 9.17) is 10.7 Å². The Morgan fingerprint density at radius 3 is 2.55 bits per heavy atom. The molecular weight excluding hydrogens is 246 g/mol. The highest BCUT2D eigenvalue weighted by Crippen LogP contribution is 2.31. The van der Waals surface area contributed by atoms with Gasteiger partial charge in [-0.1, -0.05) is 24.3 Å². The number of aromatic nitrogens is 2. The maximum atomic E-state index is 5.98. The molecule has 0 bridgehead atoms. The van der Waals surface area contributed by atoms with Crippen LogP contribution >= 0.6 is 0 Å². The first-order valence-corrected chi connectivity index (χ1v) is 7.38. The Hall–Kier alpha value is -1.74. The van der Waals surface area contributed by atoms with E-state index < -0.39 is 0 Å². The molecule has 0 radical (unpaired) electrons. The molecule has 1 aliphatic rings. The molecular formula is C17H21N3. The third kappa shape index (κ3) is 2.73. The van der Waals surface area contributed by atoms with Crippen LogP contribution in [0.2, 0.25) is 0 Å². The average Bonchev–Trinajstić information content (AvgIpc) is 2.49. The Morgan fingerprint density at radius 2 is 1.80 bits per heavy atom. The lowest BCUT2D eigenvalue weighted by molar-refractivity contribution is 0.385. The van der Waals surface area contributed by atoms with Crippen LogP contribution in [-0.2, 0) is 0 Å². The highest BCUT2D eigenvalue weighted by molar-refractivity contribution is 5.62. The van der Waals surface area contributed by atoms with Crippen LogP contribution in [0.3, 0.4) is 0 Å². The molecule has 1 aliphatic carbocycles. The van der Waals surface area contributed by atoms with Crippen molar-refractivity contribution in [3.8, 4) is 11.3 Å². The molecule has 1 aromatic carbocycles. The van der Waals surface area contributed by atoms with Gasteiger partial charge >= 0.3 is 0 Å². The molecule has 1 saturated carbocycles. The highest BCUT2D eigenvalue weighted by atomic mass is 14.9. The van der Waals surface area contributed by atoms with Crippen molar-refractivity contribution < 1.29 is 0 Å². The van der Waals surface area contributed by atoms with Crippen LogP contribution < -0.4 is 5.73 Å². The molecule has 3 rings (SSSR count). The lowest BCUT2D eigenvalue weighted by Crippen LogP contribution is -2.26. The number of benzene rings is 1. The van der Waals surface area contributed by atoms with Gasteiger partial charge in [0.15, 0.2) is 0 Å². The molecule has 3 nitrogen and oxygen atoms in total. The minimum absolute atomic E-state index is 0.366. The minimum atomic E-state index is 0.366. The van der Waals surface area contributed by atoms with Crippen molar-refractivity contribution in [2.45, 2.75) is 44.6 Å². The Morgan fingerprint density at radius 1 is 1.05 bits per heavy atom. The Kier molecular flexibility index (Phi) is 3.79. The molecule has 2 aromatic rings. The second-order valence-corrected chi connectivity index (χ2v) is 5.73. The van der Waals surface area contributed by atoms with Gasteiger partial charge in [-0.3, -0.25) is 0 Å². The first-order chi connectivity index (χ1) is 9.74. The predicted octanol–water partition coefficient (Wildman–Crippen LogP) is 3.44. The number of aryl methyl sites for hydroxylation is 1. The van der Waals surface area contributed by atoms with Gasteiger partial charge in [0.1, 0.15) is 5.82 Å². The zero-order valence-electron chi connectivity index (χ0n) is 11.9. The van der Waals surface area contributed by atoms with E-state index in [1.54, 1.807) is 0 Å². The fraction of sp³-hybridized carbons (Fsp3) is 0.412. The Labute approximate surface area is 120 Å². The van der Waals surface area contributed by atoms with Gasteiger partial charge < -0.3 is 5.73 Å². The summed E-state index contributed by atoms with van der Waals surface area (Å²) in [4.78, 5) is 9.29. The normalized spacial score (nSPS) is 22.7. The van der Waals surface area contributed by atoms with Gasteiger partial charge in [-0.05, 0) is 44.2 Å². The summed E-state index contributed by atoms with van der Waals surface area (Å²) in [5.41, 5.74) is 9.46. The first kappa shape index (κ1) is 13.3. The van der Waals surface area contributed by atoms with Crippen molar-refractivity contribution in [2.24, 2.45) is 5.73 Å². The van der Waals surface area contributed by atoms with Crippen LogP contribution in [0.15, 0.2) is 36.5 Å². The van der Waals surface area contributed by atoms with Gasteiger partial charge in [0.05, 0.1) is 5.69 Å². The second-order valence-electron chi connectivity index (χ2n) is 5.73. The van der Waals surface area contributed by atoms with Crippen LogP contribution in [-0.4, -0.2) is 16.0 Å². The van der Waals surface area contributed by atoms with Gasteiger partial charge in [-0.2, -0.15) is 0 Å². The van der Waals surface area contributed by atoms with Crippen LogP contribution in [0.25, 0.3) is 11.3 Å². The average molecular weight is 267 g/mol. The standard InChI is InChI=1S/C17H21N3/c1-12-4-2-3-5-15(12)16-10-11-19-17(20-16)13-6-8-14(18)9-7-13/h2-5,10-11,13-14H,6-9,18H2,1H3. The lowest BCUT2D eigenvalue weighted by Gasteiger charge is -2.25. The van der Waals surface area contributed by atoms with Crippen molar-refractivity contribution >= 4 is 0 Å². The van der Waals surface area contributed by atoms with Crippen molar-refractivity contribution in [3.05, 3.63) is 47.9 Å². The zero-order chi connectivity index (χ0) is 13.9. The molecule has 0 amide bonds. The molecule has 104 valence electrons. The summed E-state index contributed by atoms with van der Waals surface area (Å²) >= 11 is 0. The van der Waals surface area contributed by atoms with Crippen molar-refractivity contribution in [1.29, 1.82) is 0 Å². The number of hydrogen-bond acceptors (Lipinski definition) is 3. The molecule has 0 unspecified atom stereocenters. The van der Waals surface area contributed by atoms with Gasteiger partial charge in [-0.15, -0.1) is 0 Å². The molecule has 1 heterocycles. The van der Waals surface area contributed by atoms with Gasteiger partial charge in [0, 0.05) is 23.7 Å². The summed E-state index contributed by atoms with van der Waals surface area (Å²) in [5, 5.41) is 0. The Bertz CT molecular complexity index is 586. The third-order valence-corrected chi connectivity index (χ3v) is 4.23. The SMILES string of the molecule is Cc1ccccc1-c1ccnc(C2CCC(N)CC2)n1. The molecule has 20 heavy (non-hydrogen) atoms. The quantitative estimate of drug-likeness (QED) is 0.906. The van der Waals surface area contributed by atoms with E-state index in [0.717, 1.165) is 37.2 Å². The van der Waals surface area contributed by atoms with Crippen LogP contribution in [0.4, 0.5) is 0 Å². The summed E-state index contributed by atoms with van der Waals surface area (Å²) < 4.78 is 0. The predicted molar refractivity (Wildman–Crippen MR) is 81.4 cm³/mol. The topological polar surface area (TPSA) is 51.8 Å². The molecule has 0 aliphatic heterocycles. The third-order valence-electron chi connectivity index (χ3n) is 4.23. The summed E-state index contributed by atoms with van der Waals surface area (Å²) in [6.45, 7) is 2.12. The fourth-order valence-corrected chi connectivity index (χ4v) is 2.96. The lowest BCUT2D eigenvalue weighted by atomic mass is 9.86. The van der Waals surface area contributed by atoms with E-state index in [9.17, 15) is 0 Å². The molecule has 3 heteroatoms. The van der Waals surface area contributed by atoms with E-state index in [-0.39, 0.29) is 0 Å². The van der Waals surface area contributed by atoms with E-state index >= 15 is 0 Å². The largest absolute Gasteiger partial charge is 0.328 e. The molecule has 2 N–H and O–H groups in total. The second kappa shape index (κ2) is 5.71. The Balaban J connectivity index is 1.88. The molecule has 0 atom stereocenters. The van der Waals surface area contributed by atoms with E-state index in [0.29, 0.717) is 12.0 Å². The first-order valence-electron chi connectivity index (χ1n) is 7.38. The van der Waals surface area contributed by atoms with Gasteiger partial charge in [0.2, 0.25) is 0 Å². The summed E-state index contributed by atoms with van der Waals surface area (Å²) in [6.07, 6.45) is 6.28. The maximum Gasteiger partial charge on any atom is 0.132 e. The minimum Gasteiger partial charge on any atom is -0.328 e. The monoisotopic (exact) mass is 267 g/mol. The number of hydrogen-bond donors (Lipinski definition) is 1. The zero-order valence-corrected chi connectivity index (χ0v) is 11.9. The smallest absolute Gasteiger partial charge is 0.132 e. The van der Waals surface area contributed by atoms with E-state index in [1.807, 2.05) is 12.3 Å². The van der Waals surface area contributed by atoms with E-state index in [2.05, 4.69) is 36.2 Å². The number of nitrogens with zero attached hydrogens (tertiary/aromatic N) is 2. The number of rotatable bonds is 2. The van der Waals surface area contributed by atoms with E-state index in [1.165, 1.54) is 11.1 Å².